The number of rotatable bonds is 9. The molecule has 6 aromatic carbocycles. The van der Waals surface area contributed by atoms with Gasteiger partial charge in [0.2, 0.25) is 0 Å². The number of halogens is 3. The number of para-hydroxylation sites is 4. The van der Waals surface area contributed by atoms with Crippen LogP contribution in [0.4, 0.5) is 47.3 Å². The van der Waals surface area contributed by atoms with Gasteiger partial charge in [-0.05, 0) is 84.4 Å². The highest BCUT2D eigenvalue weighted by Crippen LogP contribution is 2.53. The van der Waals surface area contributed by atoms with E-state index in [9.17, 15) is 21.6 Å². The second-order valence-electron chi connectivity index (χ2n) is 12.0. The van der Waals surface area contributed by atoms with Crippen LogP contribution in [0.1, 0.15) is 0 Å². The van der Waals surface area contributed by atoms with Crippen molar-refractivity contribution >= 4 is 75.8 Å². The number of alkyl halides is 3. The average molecular weight is 744 g/mol. The summed E-state index contributed by atoms with van der Waals surface area (Å²) in [6.07, 6.45) is 2.98. The van der Waals surface area contributed by atoms with Gasteiger partial charge in [-0.15, -0.1) is 11.3 Å². The summed E-state index contributed by atoms with van der Waals surface area (Å²) in [6, 6.07) is 49.5. The van der Waals surface area contributed by atoms with Gasteiger partial charge in [0, 0.05) is 61.9 Å². The Morgan fingerprint density at radius 3 is 1.57 bits per heavy atom. The second-order valence-corrected chi connectivity index (χ2v) is 14.6. The lowest BCUT2D eigenvalue weighted by Gasteiger charge is -2.28. The van der Waals surface area contributed by atoms with E-state index in [1.54, 1.807) is 18.2 Å². The summed E-state index contributed by atoms with van der Waals surface area (Å²) < 4.78 is 73.8. The van der Waals surface area contributed by atoms with E-state index in [4.69, 9.17) is 4.18 Å². The molecule has 0 bridgehead atoms. The van der Waals surface area contributed by atoms with Crippen LogP contribution in [-0.4, -0.2) is 18.9 Å². The zero-order valence-electron chi connectivity index (χ0n) is 27.7. The van der Waals surface area contributed by atoms with Gasteiger partial charge in [0.15, 0.2) is 5.75 Å². The normalized spacial score (nSPS) is 11.8. The number of pyridine rings is 1. The van der Waals surface area contributed by atoms with Crippen LogP contribution in [0.2, 0.25) is 0 Å². The number of thiophene rings is 1. The number of benzene rings is 6. The predicted octanol–water partition coefficient (Wildman–Crippen LogP) is 12.3. The predicted molar refractivity (Wildman–Crippen MR) is 208 cm³/mol. The van der Waals surface area contributed by atoms with Gasteiger partial charge in [-0.25, -0.2) is 0 Å². The molecule has 0 saturated heterocycles. The number of hydrogen-bond acceptors (Lipinski definition) is 7. The minimum absolute atomic E-state index is 0.154. The number of aromatic nitrogens is 1. The molecular formula is C42H28F3N3O3S2. The average Bonchev–Trinajstić information content (AvgIpc) is 3.57. The first kappa shape index (κ1) is 33.9. The van der Waals surface area contributed by atoms with Crippen molar-refractivity contribution in [3.8, 4) is 16.9 Å². The Kier molecular flexibility index (Phi) is 8.81. The molecule has 8 aromatic rings. The molecule has 0 atom stereocenters. The summed E-state index contributed by atoms with van der Waals surface area (Å²) in [5.41, 5.74) is -0.299. The fourth-order valence-corrected chi connectivity index (χ4v) is 8.16. The Morgan fingerprint density at radius 1 is 0.585 bits per heavy atom. The quantitative estimate of drug-likeness (QED) is 0.108. The molecule has 2 heterocycles. The Morgan fingerprint density at radius 2 is 1.08 bits per heavy atom. The fourth-order valence-electron chi connectivity index (χ4n) is 6.38. The summed E-state index contributed by atoms with van der Waals surface area (Å²) in [7, 11) is -6.07. The molecule has 0 fully saturated rings. The maximum absolute atomic E-state index is 14.0. The number of hydrogen-bond donors (Lipinski definition) is 0. The zero-order chi connectivity index (χ0) is 36.6. The van der Waals surface area contributed by atoms with Crippen LogP contribution in [0.3, 0.4) is 0 Å². The van der Waals surface area contributed by atoms with Gasteiger partial charge in [-0.3, -0.25) is 4.98 Å². The van der Waals surface area contributed by atoms with E-state index in [1.165, 1.54) is 23.7 Å². The summed E-state index contributed by atoms with van der Waals surface area (Å²) in [5, 5.41) is 1.23. The molecule has 0 saturated carbocycles. The molecule has 11 heteroatoms. The number of fused-ring (bicyclic) bond motifs is 3. The molecule has 0 N–H and O–H groups in total. The third-order valence-electron chi connectivity index (χ3n) is 8.69. The first-order valence-corrected chi connectivity index (χ1v) is 18.7. The van der Waals surface area contributed by atoms with Gasteiger partial charge in [-0.1, -0.05) is 78.9 Å². The van der Waals surface area contributed by atoms with Crippen molar-refractivity contribution in [3.05, 3.63) is 170 Å². The summed E-state index contributed by atoms with van der Waals surface area (Å²) in [6.45, 7) is 0. The molecule has 0 aliphatic rings. The first-order chi connectivity index (χ1) is 25.7. The maximum atomic E-state index is 14.0. The Balaban J connectivity index is 1.48. The topological polar surface area (TPSA) is 62.7 Å². The standard InChI is InChI=1S/C42H28F3N3O3S2/c43-42(44,45)53(49,50)51-40-36(29-23-25-46-26-24-29)28-37(48(32-17-9-3-10-18-32)33-19-11-4-12-20-33)39-35-22-21-34(27-38(35)52-41(39)40)47(30-13-5-1-6-14-30)31-15-7-2-8-16-31/h1-28H. The molecule has 53 heavy (non-hydrogen) atoms. The highest BCUT2D eigenvalue weighted by Gasteiger charge is 2.49. The third kappa shape index (κ3) is 6.45. The summed E-state index contributed by atoms with van der Waals surface area (Å²) in [5.74, 6) is -0.418. The molecule has 0 aliphatic heterocycles. The van der Waals surface area contributed by atoms with Gasteiger partial charge in [0.1, 0.15) is 0 Å². The molecule has 0 unspecified atom stereocenters. The first-order valence-electron chi connectivity index (χ1n) is 16.4. The smallest absolute Gasteiger partial charge is 0.374 e. The van der Waals surface area contributed by atoms with E-state index in [0.717, 1.165) is 28.4 Å². The van der Waals surface area contributed by atoms with Gasteiger partial charge in [0.05, 0.1) is 10.4 Å². The van der Waals surface area contributed by atoms with E-state index >= 15 is 0 Å². The van der Waals surface area contributed by atoms with E-state index in [1.807, 2.05) is 144 Å². The van der Waals surface area contributed by atoms with Crippen molar-refractivity contribution in [2.45, 2.75) is 5.51 Å². The van der Waals surface area contributed by atoms with Gasteiger partial charge < -0.3 is 14.0 Å². The minimum atomic E-state index is -6.07. The molecule has 2 aromatic heterocycles. The van der Waals surface area contributed by atoms with Crippen LogP contribution in [0.5, 0.6) is 5.75 Å². The molecule has 262 valence electrons. The van der Waals surface area contributed by atoms with Crippen molar-refractivity contribution < 1.29 is 25.8 Å². The Labute approximate surface area is 307 Å². The molecule has 0 spiro atoms. The monoisotopic (exact) mass is 743 g/mol. The molecule has 0 aliphatic carbocycles. The summed E-state index contributed by atoms with van der Waals surface area (Å²) >= 11 is 1.17. The van der Waals surface area contributed by atoms with Crippen LogP contribution in [0, 0.1) is 0 Å². The van der Waals surface area contributed by atoms with Crippen molar-refractivity contribution in [2.75, 3.05) is 9.80 Å². The minimum Gasteiger partial charge on any atom is -0.374 e. The fraction of sp³-hybridized carbons (Fsp3) is 0.0238. The molecule has 8 rings (SSSR count). The van der Waals surface area contributed by atoms with Gasteiger partial charge in [-0.2, -0.15) is 21.6 Å². The van der Waals surface area contributed by atoms with E-state index in [-0.39, 0.29) is 10.3 Å². The van der Waals surface area contributed by atoms with Crippen LogP contribution in [0.15, 0.2) is 170 Å². The lowest BCUT2D eigenvalue weighted by atomic mass is 9.99. The molecule has 0 amide bonds. The van der Waals surface area contributed by atoms with Crippen molar-refractivity contribution in [3.63, 3.8) is 0 Å². The Bertz CT molecular complexity index is 2560. The van der Waals surface area contributed by atoms with E-state index in [2.05, 4.69) is 9.88 Å². The third-order valence-corrected chi connectivity index (χ3v) is 10.8. The highest BCUT2D eigenvalue weighted by atomic mass is 32.2. The van der Waals surface area contributed by atoms with E-state index in [0.29, 0.717) is 26.7 Å². The molecule has 6 nitrogen and oxygen atoms in total. The van der Waals surface area contributed by atoms with Gasteiger partial charge in [0.25, 0.3) is 0 Å². The van der Waals surface area contributed by atoms with Crippen molar-refractivity contribution in [1.29, 1.82) is 0 Å². The number of nitrogens with zero attached hydrogens (tertiary/aromatic N) is 3. The van der Waals surface area contributed by atoms with Crippen LogP contribution < -0.4 is 14.0 Å². The van der Waals surface area contributed by atoms with E-state index < -0.39 is 21.4 Å². The SMILES string of the molecule is O=S(=O)(Oc1c(-c2ccncc2)cc(N(c2ccccc2)c2ccccc2)c2c1sc1cc(N(c3ccccc3)c3ccccc3)ccc12)C(F)(F)F. The van der Waals surface area contributed by atoms with Crippen LogP contribution in [0.25, 0.3) is 31.3 Å². The summed E-state index contributed by atoms with van der Waals surface area (Å²) in [4.78, 5) is 8.18. The molecule has 0 radical (unpaired) electrons. The van der Waals surface area contributed by atoms with Crippen molar-refractivity contribution in [2.24, 2.45) is 0 Å². The lowest BCUT2D eigenvalue weighted by molar-refractivity contribution is -0.0499. The largest absolute Gasteiger partial charge is 0.534 e. The maximum Gasteiger partial charge on any atom is 0.534 e. The lowest BCUT2D eigenvalue weighted by Crippen LogP contribution is -2.28. The molecular weight excluding hydrogens is 716 g/mol. The number of anilines is 6. The highest BCUT2D eigenvalue weighted by molar-refractivity contribution is 7.88. The van der Waals surface area contributed by atoms with Gasteiger partial charge >= 0.3 is 15.6 Å². The Hall–Kier alpha value is -6.17. The van der Waals surface area contributed by atoms with Crippen LogP contribution >= 0.6 is 11.3 Å². The zero-order valence-corrected chi connectivity index (χ0v) is 29.3. The van der Waals surface area contributed by atoms with Crippen molar-refractivity contribution in [1.82, 2.24) is 4.98 Å². The van der Waals surface area contributed by atoms with Crippen LogP contribution in [-0.2, 0) is 10.1 Å². The second kappa shape index (κ2) is 13.8.